The molecule has 12 nitrogen and oxygen atoms in total. The molecule has 0 fully saturated rings. The number of aromatic carboxylic acids is 4. The molecular formula is C30H18O12S. The first kappa shape index (κ1) is 30.0. The topological polar surface area (TPSA) is 217 Å². The summed E-state index contributed by atoms with van der Waals surface area (Å²) in [7, 11) is -4.13. The van der Waals surface area contributed by atoms with Crippen molar-refractivity contribution in [2.45, 2.75) is 9.79 Å². The van der Waals surface area contributed by atoms with E-state index in [1.54, 1.807) is 0 Å². The molecule has 216 valence electrons. The number of hydrogen-bond donors (Lipinski definition) is 4. The molecule has 0 amide bonds. The standard InChI is InChI=1S/C30H18O12S/c31-25(17-5-11-21(27(33)34)23(13-17)29(37)38)15-1-7-19(8-2-15)43(41,42)20-9-3-16(4-10-20)26(32)18-6-12-22(28(35)36)24(14-18)30(39)40/h1-14H,(H,33,34)(H,35,36)(H,37,38)(H,39,40). The lowest BCUT2D eigenvalue weighted by Gasteiger charge is -2.09. The Morgan fingerprint density at radius 1 is 0.395 bits per heavy atom. The number of rotatable bonds is 10. The van der Waals surface area contributed by atoms with Gasteiger partial charge in [0.25, 0.3) is 0 Å². The molecule has 0 aliphatic carbocycles. The van der Waals surface area contributed by atoms with Gasteiger partial charge in [-0.2, -0.15) is 0 Å². The summed E-state index contributed by atoms with van der Waals surface area (Å²) in [5.74, 6) is -7.39. The van der Waals surface area contributed by atoms with Gasteiger partial charge in [-0.05, 0) is 72.8 Å². The van der Waals surface area contributed by atoms with E-state index < -0.39 is 67.5 Å². The van der Waals surface area contributed by atoms with Crippen molar-refractivity contribution in [2.24, 2.45) is 0 Å². The van der Waals surface area contributed by atoms with E-state index in [-0.39, 0.29) is 32.0 Å². The molecule has 0 saturated heterocycles. The van der Waals surface area contributed by atoms with E-state index in [4.69, 9.17) is 10.2 Å². The van der Waals surface area contributed by atoms with Crippen LogP contribution in [0.25, 0.3) is 0 Å². The summed E-state index contributed by atoms with van der Waals surface area (Å²) in [5.41, 5.74) is -2.39. The van der Waals surface area contributed by atoms with E-state index >= 15 is 0 Å². The van der Waals surface area contributed by atoms with Gasteiger partial charge in [0, 0.05) is 22.3 Å². The molecule has 4 rings (SSSR count). The second kappa shape index (κ2) is 11.5. The predicted octanol–water partition coefficient (Wildman–Crippen LogP) is 3.77. The molecule has 0 spiro atoms. The first-order valence-corrected chi connectivity index (χ1v) is 13.5. The Morgan fingerprint density at radius 2 is 0.674 bits per heavy atom. The molecule has 4 aromatic carbocycles. The SMILES string of the molecule is O=C(c1ccc(S(=O)(=O)c2ccc(C(=O)c3ccc(C(=O)O)c(C(=O)O)c3)cc2)cc1)c1ccc(C(=O)O)c(C(=O)O)c1. The molecule has 4 N–H and O–H groups in total. The number of hydrogen-bond acceptors (Lipinski definition) is 8. The minimum atomic E-state index is -4.13. The van der Waals surface area contributed by atoms with Gasteiger partial charge in [0.2, 0.25) is 9.84 Å². The van der Waals surface area contributed by atoms with E-state index in [1.807, 2.05) is 0 Å². The van der Waals surface area contributed by atoms with Crippen LogP contribution in [0.15, 0.2) is 94.7 Å². The molecule has 4 aromatic rings. The Kier molecular flexibility index (Phi) is 8.03. The molecule has 0 aromatic heterocycles. The Hall–Kier alpha value is -5.95. The van der Waals surface area contributed by atoms with Crippen molar-refractivity contribution in [3.8, 4) is 0 Å². The van der Waals surface area contributed by atoms with Gasteiger partial charge < -0.3 is 20.4 Å². The normalized spacial score (nSPS) is 11.0. The second-order valence-corrected chi connectivity index (χ2v) is 10.9. The van der Waals surface area contributed by atoms with E-state index in [1.165, 1.54) is 24.3 Å². The number of ketones is 2. The molecule has 0 heterocycles. The highest BCUT2D eigenvalue weighted by atomic mass is 32.2. The van der Waals surface area contributed by atoms with Crippen LogP contribution in [0.4, 0.5) is 0 Å². The number of sulfone groups is 1. The molecule has 0 saturated carbocycles. The summed E-state index contributed by atoms with van der Waals surface area (Å²) in [6.45, 7) is 0. The van der Waals surface area contributed by atoms with Gasteiger partial charge in [-0.1, -0.05) is 12.1 Å². The number of benzene rings is 4. The summed E-state index contributed by atoms with van der Waals surface area (Å²) in [5, 5.41) is 36.9. The predicted molar refractivity (Wildman–Crippen MR) is 146 cm³/mol. The van der Waals surface area contributed by atoms with Crippen LogP contribution in [-0.2, 0) is 9.84 Å². The van der Waals surface area contributed by atoms with Crippen molar-refractivity contribution in [2.75, 3.05) is 0 Å². The number of carboxylic acids is 4. The summed E-state index contributed by atoms with van der Waals surface area (Å²) >= 11 is 0. The van der Waals surface area contributed by atoms with Gasteiger partial charge in [0.15, 0.2) is 11.6 Å². The third kappa shape index (κ3) is 5.92. The number of carboxylic acid groups (broad SMARTS) is 4. The van der Waals surface area contributed by atoms with Gasteiger partial charge in [-0.3, -0.25) is 9.59 Å². The maximum atomic E-state index is 13.2. The van der Waals surface area contributed by atoms with Gasteiger partial charge in [0.05, 0.1) is 32.0 Å². The Labute approximate surface area is 242 Å². The van der Waals surface area contributed by atoms with Crippen molar-refractivity contribution in [3.63, 3.8) is 0 Å². The Bertz CT molecular complexity index is 1820. The van der Waals surface area contributed by atoms with Gasteiger partial charge in [-0.15, -0.1) is 0 Å². The monoisotopic (exact) mass is 602 g/mol. The van der Waals surface area contributed by atoms with E-state index in [9.17, 15) is 47.4 Å². The molecule has 0 bridgehead atoms. The average molecular weight is 603 g/mol. The van der Waals surface area contributed by atoms with Crippen LogP contribution in [0.5, 0.6) is 0 Å². The van der Waals surface area contributed by atoms with Crippen molar-refractivity contribution in [1.82, 2.24) is 0 Å². The highest BCUT2D eigenvalue weighted by Gasteiger charge is 2.23. The third-order valence-electron chi connectivity index (χ3n) is 6.34. The number of carbonyl (C=O) groups excluding carboxylic acids is 2. The van der Waals surface area contributed by atoms with E-state index in [0.29, 0.717) is 0 Å². The average Bonchev–Trinajstić information content (AvgIpc) is 2.99. The molecule has 0 unspecified atom stereocenters. The van der Waals surface area contributed by atoms with Crippen molar-refractivity contribution in [3.05, 3.63) is 129 Å². The quantitative estimate of drug-likeness (QED) is 0.191. The third-order valence-corrected chi connectivity index (χ3v) is 8.12. The summed E-state index contributed by atoms with van der Waals surface area (Å²) in [4.78, 5) is 70.7. The fourth-order valence-electron chi connectivity index (χ4n) is 4.14. The van der Waals surface area contributed by atoms with Crippen molar-refractivity contribution in [1.29, 1.82) is 0 Å². The summed E-state index contributed by atoms with van der Waals surface area (Å²) < 4.78 is 26.3. The summed E-state index contributed by atoms with van der Waals surface area (Å²) in [6, 6.07) is 15.6. The summed E-state index contributed by atoms with van der Waals surface area (Å²) in [6.07, 6.45) is 0. The lowest BCUT2D eigenvalue weighted by Crippen LogP contribution is -2.11. The van der Waals surface area contributed by atoms with Gasteiger partial charge in [-0.25, -0.2) is 27.6 Å². The lowest BCUT2D eigenvalue weighted by molar-refractivity contribution is 0.0651. The Morgan fingerprint density at radius 3 is 0.953 bits per heavy atom. The van der Waals surface area contributed by atoms with E-state index in [0.717, 1.165) is 60.7 Å². The smallest absolute Gasteiger partial charge is 0.336 e. The fourth-order valence-corrected chi connectivity index (χ4v) is 5.40. The zero-order chi connectivity index (χ0) is 31.6. The maximum Gasteiger partial charge on any atom is 0.336 e. The van der Waals surface area contributed by atoms with Crippen LogP contribution in [0.2, 0.25) is 0 Å². The zero-order valence-corrected chi connectivity index (χ0v) is 22.4. The minimum Gasteiger partial charge on any atom is -0.478 e. The molecule has 13 heteroatoms. The van der Waals surface area contributed by atoms with Gasteiger partial charge >= 0.3 is 23.9 Å². The fraction of sp³-hybridized carbons (Fsp3) is 0. The molecule has 0 radical (unpaired) electrons. The Balaban J connectivity index is 1.57. The highest BCUT2D eigenvalue weighted by Crippen LogP contribution is 2.24. The van der Waals surface area contributed by atoms with E-state index in [2.05, 4.69) is 0 Å². The van der Waals surface area contributed by atoms with Crippen molar-refractivity contribution < 1.29 is 57.6 Å². The molecule has 43 heavy (non-hydrogen) atoms. The highest BCUT2D eigenvalue weighted by molar-refractivity contribution is 7.91. The first-order valence-electron chi connectivity index (χ1n) is 12.0. The molecular weight excluding hydrogens is 584 g/mol. The molecule has 0 aliphatic heterocycles. The van der Waals surface area contributed by atoms with Gasteiger partial charge in [0.1, 0.15) is 0 Å². The first-order chi connectivity index (χ1) is 20.2. The van der Waals surface area contributed by atoms with Crippen LogP contribution in [-0.4, -0.2) is 64.3 Å². The zero-order valence-electron chi connectivity index (χ0n) is 21.5. The van der Waals surface area contributed by atoms with Crippen LogP contribution in [0, 0.1) is 0 Å². The largest absolute Gasteiger partial charge is 0.478 e. The van der Waals surface area contributed by atoms with Crippen molar-refractivity contribution >= 4 is 45.3 Å². The molecule has 0 atom stereocenters. The van der Waals surface area contributed by atoms with Crippen LogP contribution < -0.4 is 0 Å². The van der Waals surface area contributed by atoms with Crippen LogP contribution in [0.1, 0.15) is 73.3 Å². The minimum absolute atomic E-state index is 0.00829. The lowest BCUT2D eigenvalue weighted by atomic mass is 9.98. The van der Waals surface area contributed by atoms with Crippen LogP contribution >= 0.6 is 0 Å². The van der Waals surface area contributed by atoms with Crippen LogP contribution in [0.3, 0.4) is 0 Å². The number of carbonyl (C=O) groups is 6. The second-order valence-electron chi connectivity index (χ2n) is 8.95. The maximum absolute atomic E-state index is 13.2. The molecule has 0 aliphatic rings.